The van der Waals surface area contributed by atoms with Crippen LogP contribution in [0.1, 0.15) is 6.42 Å². The number of nitrogens with two attached hydrogens (primary N) is 1. The molecular formula is C12H18N4O3. The molecule has 0 spiro atoms. The molecule has 1 aliphatic heterocycles. The molecule has 1 amide bonds. The summed E-state index contributed by atoms with van der Waals surface area (Å²) in [5.74, 6) is 1.21. The summed E-state index contributed by atoms with van der Waals surface area (Å²) in [6.45, 7) is 1.43. The van der Waals surface area contributed by atoms with Gasteiger partial charge in [-0.25, -0.2) is 4.79 Å². The zero-order valence-electron chi connectivity index (χ0n) is 11.0. The standard InChI is InChI=1S/C12H18N4O3/c1-18-10-4-3-9(13)11(15-10)16-6-5-8(7-16)14-12(17)19-2/h3-4,8H,5-7,13H2,1-2H3,(H,14,17). The molecule has 0 radical (unpaired) electrons. The SMILES string of the molecule is COC(=O)NC1CCN(c2nc(OC)ccc2N)C1. The minimum Gasteiger partial charge on any atom is -0.481 e. The Morgan fingerprint density at radius 1 is 1.53 bits per heavy atom. The van der Waals surface area contributed by atoms with Crippen LogP contribution in [0, 0.1) is 0 Å². The van der Waals surface area contributed by atoms with E-state index in [1.54, 1.807) is 19.2 Å². The van der Waals surface area contributed by atoms with Gasteiger partial charge < -0.3 is 25.4 Å². The Hall–Kier alpha value is -2.18. The van der Waals surface area contributed by atoms with Crippen molar-refractivity contribution in [1.82, 2.24) is 10.3 Å². The highest BCUT2D eigenvalue weighted by Crippen LogP contribution is 2.26. The van der Waals surface area contributed by atoms with Crippen molar-refractivity contribution < 1.29 is 14.3 Å². The molecule has 1 fully saturated rings. The van der Waals surface area contributed by atoms with Gasteiger partial charge in [0, 0.05) is 19.2 Å². The second kappa shape index (κ2) is 5.64. The Balaban J connectivity index is 2.06. The Morgan fingerprint density at radius 2 is 2.32 bits per heavy atom. The van der Waals surface area contributed by atoms with Crippen LogP contribution in [0.3, 0.4) is 0 Å². The van der Waals surface area contributed by atoms with Gasteiger partial charge in [0.25, 0.3) is 0 Å². The average Bonchev–Trinajstić information content (AvgIpc) is 2.87. The fourth-order valence-electron chi connectivity index (χ4n) is 2.10. The van der Waals surface area contributed by atoms with Gasteiger partial charge in [-0.1, -0.05) is 0 Å². The lowest BCUT2D eigenvalue weighted by Gasteiger charge is -2.19. The third-order valence-corrected chi connectivity index (χ3v) is 3.08. The van der Waals surface area contributed by atoms with Crippen molar-refractivity contribution in [2.75, 3.05) is 37.9 Å². The van der Waals surface area contributed by atoms with Crippen LogP contribution in [0.5, 0.6) is 5.88 Å². The lowest BCUT2D eigenvalue weighted by Crippen LogP contribution is -2.37. The summed E-state index contributed by atoms with van der Waals surface area (Å²) < 4.78 is 9.68. The number of carbonyl (C=O) groups excluding carboxylic acids is 1. The van der Waals surface area contributed by atoms with Gasteiger partial charge >= 0.3 is 6.09 Å². The lowest BCUT2D eigenvalue weighted by molar-refractivity contribution is 0.167. The van der Waals surface area contributed by atoms with Gasteiger partial charge in [-0.2, -0.15) is 4.98 Å². The van der Waals surface area contributed by atoms with Gasteiger partial charge in [-0.05, 0) is 12.5 Å². The van der Waals surface area contributed by atoms with Crippen molar-refractivity contribution in [3.63, 3.8) is 0 Å². The maximum Gasteiger partial charge on any atom is 0.407 e. The molecule has 19 heavy (non-hydrogen) atoms. The maximum atomic E-state index is 11.2. The number of nitrogens with one attached hydrogen (secondary N) is 1. The van der Waals surface area contributed by atoms with Crippen LogP contribution in [-0.4, -0.2) is 44.4 Å². The van der Waals surface area contributed by atoms with Crippen molar-refractivity contribution in [3.05, 3.63) is 12.1 Å². The van der Waals surface area contributed by atoms with Crippen molar-refractivity contribution >= 4 is 17.6 Å². The molecule has 1 saturated heterocycles. The number of nitrogens with zero attached hydrogens (tertiary/aromatic N) is 2. The third-order valence-electron chi connectivity index (χ3n) is 3.08. The highest BCUT2D eigenvalue weighted by Gasteiger charge is 2.26. The molecule has 2 heterocycles. The molecule has 3 N–H and O–H groups in total. The molecule has 0 saturated carbocycles. The van der Waals surface area contributed by atoms with Crippen molar-refractivity contribution in [1.29, 1.82) is 0 Å². The summed E-state index contributed by atoms with van der Waals surface area (Å²) in [7, 11) is 2.91. The first-order chi connectivity index (χ1) is 9.13. The molecule has 0 aliphatic carbocycles. The molecule has 1 unspecified atom stereocenters. The van der Waals surface area contributed by atoms with Gasteiger partial charge in [0.2, 0.25) is 5.88 Å². The predicted octanol–water partition coefficient (Wildman–Crippen LogP) is 0.607. The molecular weight excluding hydrogens is 248 g/mol. The van der Waals surface area contributed by atoms with Gasteiger partial charge in [-0.3, -0.25) is 0 Å². The molecule has 2 rings (SSSR count). The largest absolute Gasteiger partial charge is 0.481 e. The number of rotatable bonds is 3. The number of carbonyl (C=O) groups is 1. The zero-order valence-corrected chi connectivity index (χ0v) is 11.0. The number of hydrogen-bond acceptors (Lipinski definition) is 6. The monoisotopic (exact) mass is 266 g/mol. The Kier molecular flexibility index (Phi) is 3.94. The van der Waals surface area contributed by atoms with E-state index in [2.05, 4.69) is 15.0 Å². The number of hydrogen-bond donors (Lipinski definition) is 2. The van der Waals surface area contributed by atoms with Gasteiger partial charge in [-0.15, -0.1) is 0 Å². The Bertz CT molecular complexity index is 466. The first-order valence-electron chi connectivity index (χ1n) is 6.04. The quantitative estimate of drug-likeness (QED) is 0.833. The van der Waals surface area contributed by atoms with Crippen LogP contribution in [-0.2, 0) is 4.74 Å². The van der Waals surface area contributed by atoms with Crippen LogP contribution in [0.15, 0.2) is 12.1 Å². The molecule has 1 aromatic rings. The van der Waals surface area contributed by atoms with Gasteiger partial charge in [0.15, 0.2) is 5.82 Å². The molecule has 7 heteroatoms. The number of methoxy groups -OCH3 is 2. The minimum absolute atomic E-state index is 0.0415. The van der Waals surface area contributed by atoms with Crippen LogP contribution in [0.25, 0.3) is 0 Å². The number of pyridine rings is 1. The van der Waals surface area contributed by atoms with E-state index < -0.39 is 6.09 Å². The molecule has 7 nitrogen and oxygen atoms in total. The van der Waals surface area contributed by atoms with Crippen LogP contribution in [0.4, 0.5) is 16.3 Å². The molecule has 1 aromatic heterocycles. The van der Waals surface area contributed by atoms with Crippen LogP contribution < -0.4 is 20.7 Å². The van der Waals surface area contributed by atoms with E-state index in [0.717, 1.165) is 13.0 Å². The topological polar surface area (TPSA) is 89.7 Å². The van der Waals surface area contributed by atoms with E-state index >= 15 is 0 Å². The number of anilines is 2. The fourth-order valence-corrected chi connectivity index (χ4v) is 2.10. The van der Waals surface area contributed by atoms with E-state index in [1.165, 1.54) is 7.11 Å². The average molecular weight is 266 g/mol. The zero-order chi connectivity index (χ0) is 13.8. The summed E-state index contributed by atoms with van der Waals surface area (Å²) >= 11 is 0. The fraction of sp³-hybridized carbons (Fsp3) is 0.500. The second-order valence-electron chi connectivity index (χ2n) is 4.33. The first-order valence-corrected chi connectivity index (χ1v) is 6.04. The molecule has 1 atom stereocenters. The van der Waals surface area contributed by atoms with Crippen molar-refractivity contribution in [2.24, 2.45) is 0 Å². The number of alkyl carbamates (subject to hydrolysis) is 1. The highest BCUT2D eigenvalue weighted by molar-refractivity contribution is 5.68. The second-order valence-corrected chi connectivity index (χ2v) is 4.33. The number of nitrogen functional groups attached to an aromatic ring is 1. The molecule has 0 bridgehead atoms. The first kappa shape index (κ1) is 13.3. The minimum atomic E-state index is -0.418. The van der Waals surface area contributed by atoms with Crippen molar-refractivity contribution in [2.45, 2.75) is 12.5 Å². The number of amides is 1. The third kappa shape index (κ3) is 2.98. The summed E-state index contributed by atoms with van der Waals surface area (Å²) in [6.07, 6.45) is 0.409. The predicted molar refractivity (Wildman–Crippen MR) is 71.4 cm³/mol. The van der Waals surface area contributed by atoms with Crippen LogP contribution >= 0.6 is 0 Å². The van der Waals surface area contributed by atoms with E-state index in [1.807, 2.05) is 4.90 Å². The van der Waals surface area contributed by atoms with E-state index in [4.69, 9.17) is 10.5 Å². The summed E-state index contributed by atoms with van der Waals surface area (Å²) in [5.41, 5.74) is 6.52. The van der Waals surface area contributed by atoms with Crippen molar-refractivity contribution in [3.8, 4) is 5.88 Å². The normalized spacial score (nSPS) is 18.2. The lowest BCUT2D eigenvalue weighted by atomic mass is 10.3. The number of ether oxygens (including phenoxy) is 2. The van der Waals surface area contributed by atoms with Gasteiger partial charge in [0.1, 0.15) is 0 Å². The maximum absolute atomic E-state index is 11.2. The molecule has 0 aromatic carbocycles. The van der Waals surface area contributed by atoms with E-state index in [9.17, 15) is 4.79 Å². The highest BCUT2D eigenvalue weighted by atomic mass is 16.5. The molecule has 104 valence electrons. The smallest absolute Gasteiger partial charge is 0.407 e. The summed E-state index contributed by atoms with van der Waals surface area (Å²) in [4.78, 5) is 17.5. The Morgan fingerprint density at radius 3 is 3.00 bits per heavy atom. The Labute approximate surface area is 111 Å². The number of aromatic nitrogens is 1. The van der Waals surface area contributed by atoms with Crippen LogP contribution in [0.2, 0.25) is 0 Å². The molecule has 1 aliphatic rings. The summed E-state index contributed by atoms with van der Waals surface area (Å²) in [6, 6.07) is 3.53. The van der Waals surface area contributed by atoms with E-state index in [-0.39, 0.29) is 6.04 Å². The van der Waals surface area contributed by atoms with Gasteiger partial charge in [0.05, 0.1) is 25.9 Å². The van der Waals surface area contributed by atoms with E-state index in [0.29, 0.717) is 23.9 Å². The summed E-state index contributed by atoms with van der Waals surface area (Å²) in [5, 5.41) is 2.77.